The summed E-state index contributed by atoms with van der Waals surface area (Å²) in [5.41, 5.74) is 0. The minimum Gasteiger partial charge on any atom is -0.213 e. The molecule has 1 saturated heterocycles. The molecule has 4 heteroatoms. The summed E-state index contributed by atoms with van der Waals surface area (Å²) in [6.45, 7) is 3.42. The molecule has 12 heavy (non-hydrogen) atoms. The second-order valence-electron chi connectivity index (χ2n) is 3.33. The van der Waals surface area contributed by atoms with E-state index in [-0.39, 0.29) is 0 Å². The van der Waals surface area contributed by atoms with Crippen LogP contribution in [0, 0.1) is 12.3 Å². The maximum absolute atomic E-state index is 11.1. The first-order valence-corrected chi connectivity index (χ1v) is 6.13. The van der Waals surface area contributed by atoms with Crippen LogP contribution in [0.15, 0.2) is 0 Å². The first-order valence-electron chi connectivity index (χ1n) is 4.28. The third-order valence-corrected chi connectivity index (χ3v) is 3.74. The average Bonchev–Trinajstić information content (AvgIpc) is 2.03. The van der Waals surface area contributed by atoms with E-state index in [0.29, 0.717) is 19.0 Å². The summed E-state index contributed by atoms with van der Waals surface area (Å²) in [6, 6.07) is 0. The molecule has 0 aromatic carbocycles. The van der Waals surface area contributed by atoms with Gasteiger partial charge in [-0.15, -0.1) is 0 Å². The fraction of sp³-hybridized carbons (Fsp3) is 0.875. The van der Waals surface area contributed by atoms with Crippen molar-refractivity contribution in [2.24, 2.45) is 5.92 Å². The lowest BCUT2D eigenvalue weighted by molar-refractivity contribution is 0.297. The zero-order valence-electron chi connectivity index (χ0n) is 7.66. The van der Waals surface area contributed by atoms with E-state index in [2.05, 4.69) is 6.42 Å². The molecule has 0 spiro atoms. The Morgan fingerprint density at radius 3 is 2.17 bits per heavy atom. The number of hydrogen-bond acceptors (Lipinski definition) is 2. The number of sulfonamides is 1. The molecule has 0 aromatic rings. The Morgan fingerprint density at radius 1 is 1.33 bits per heavy atom. The van der Waals surface area contributed by atoms with Gasteiger partial charge in [0.1, 0.15) is 0 Å². The smallest absolute Gasteiger partial charge is 0.211 e. The molecular formula is C8H16NO2S. The number of rotatable bonds is 2. The largest absolute Gasteiger partial charge is 0.213 e. The summed E-state index contributed by atoms with van der Waals surface area (Å²) >= 11 is 0. The van der Waals surface area contributed by atoms with E-state index in [0.717, 1.165) is 12.8 Å². The Kier molecular flexibility index (Phi) is 3.12. The van der Waals surface area contributed by atoms with Gasteiger partial charge in [-0.3, -0.25) is 0 Å². The molecule has 1 aliphatic heterocycles. The molecule has 1 rings (SSSR count). The normalized spacial score (nSPS) is 22.8. The minimum absolute atomic E-state index is 0.614. The Bertz CT molecular complexity index is 227. The van der Waals surface area contributed by atoms with Crippen LogP contribution in [-0.2, 0) is 10.0 Å². The molecule has 0 N–H and O–H groups in total. The van der Waals surface area contributed by atoms with Crippen LogP contribution in [0.1, 0.15) is 19.8 Å². The highest BCUT2D eigenvalue weighted by molar-refractivity contribution is 7.88. The number of piperidine rings is 1. The van der Waals surface area contributed by atoms with Crippen molar-refractivity contribution in [3.63, 3.8) is 0 Å². The fourth-order valence-corrected chi connectivity index (χ4v) is 2.41. The van der Waals surface area contributed by atoms with E-state index >= 15 is 0 Å². The van der Waals surface area contributed by atoms with Gasteiger partial charge in [0, 0.05) is 13.1 Å². The lowest BCUT2D eigenvalue weighted by Gasteiger charge is -2.29. The fourth-order valence-electron chi connectivity index (χ4n) is 1.54. The zero-order valence-corrected chi connectivity index (χ0v) is 8.47. The van der Waals surface area contributed by atoms with Gasteiger partial charge in [-0.05, 0) is 25.2 Å². The lowest BCUT2D eigenvalue weighted by atomic mass is 9.96. The highest BCUT2D eigenvalue weighted by Gasteiger charge is 2.23. The third-order valence-electron chi connectivity index (χ3n) is 2.44. The summed E-state index contributed by atoms with van der Waals surface area (Å²) in [5, 5.41) is 0. The van der Waals surface area contributed by atoms with E-state index in [1.165, 1.54) is 6.26 Å². The summed E-state index contributed by atoms with van der Waals surface area (Å²) < 4.78 is 23.8. The molecule has 71 valence electrons. The standard InChI is InChI=1S/C8H16NO2S/c1-3-8-4-6-9(7-5-8)12(2,10)11/h3,8H,4-7H2,1-2H3. The molecule has 3 nitrogen and oxygen atoms in total. The quantitative estimate of drug-likeness (QED) is 0.648. The Labute approximate surface area is 74.8 Å². The van der Waals surface area contributed by atoms with Crippen LogP contribution >= 0.6 is 0 Å². The molecule has 0 atom stereocenters. The van der Waals surface area contributed by atoms with E-state index in [4.69, 9.17) is 0 Å². The molecule has 0 unspecified atom stereocenters. The summed E-state index contributed by atoms with van der Waals surface area (Å²) in [5.74, 6) is 0.614. The van der Waals surface area contributed by atoms with Crippen LogP contribution in [-0.4, -0.2) is 32.1 Å². The van der Waals surface area contributed by atoms with Gasteiger partial charge in [-0.25, -0.2) is 12.7 Å². The molecule has 1 fully saturated rings. The maximum atomic E-state index is 11.1. The predicted molar refractivity (Wildman–Crippen MR) is 49.1 cm³/mol. The van der Waals surface area contributed by atoms with Crippen molar-refractivity contribution in [1.29, 1.82) is 0 Å². The van der Waals surface area contributed by atoms with Gasteiger partial charge in [0.15, 0.2) is 0 Å². The molecule has 0 aromatic heterocycles. The van der Waals surface area contributed by atoms with Crippen molar-refractivity contribution in [1.82, 2.24) is 4.31 Å². The van der Waals surface area contributed by atoms with Crippen LogP contribution in [0.5, 0.6) is 0 Å². The molecule has 1 radical (unpaired) electrons. The van der Waals surface area contributed by atoms with Gasteiger partial charge in [-0.2, -0.15) is 0 Å². The monoisotopic (exact) mass is 190 g/mol. The lowest BCUT2D eigenvalue weighted by Crippen LogP contribution is -2.37. The Balaban J connectivity index is 2.47. The second-order valence-corrected chi connectivity index (χ2v) is 5.32. The van der Waals surface area contributed by atoms with Crippen molar-refractivity contribution >= 4 is 10.0 Å². The number of hydrogen-bond donors (Lipinski definition) is 0. The molecule has 0 bridgehead atoms. The van der Waals surface area contributed by atoms with Crippen LogP contribution < -0.4 is 0 Å². The van der Waals surface area contributed by atoms with E-state index in [1.807, 2.05) is 6.92 Å². The summed E-state index contributed by atoms with van der Waals surface area (Å²) in [7, 11) is -2.94. The van der Waals surface area contributed by atoms with Gasteiger partial charge in [0.2, 0.25) is 10.0 Å². The average molecular weight is 190 g/mol. The van der Waals surface area contributed by atoms with Crippen molar-refractivity contribution in [3.05, 3.63) is 6.42 Å². The molecule has 1 heterocycles. The summed E-state index contributed by atoms with van der Waals surface area (Å²) in [4.78, 5) is 0. The van der Waals surface area contributed by atoms with Gasteiger partial charge < -0.3 is 0 Å². The van der Waals surface area contributed by atoms with Gasteiger partial charge >= 0.3 is 0 Å². The zero-order chi connectivity index (χ0) is 9.19. The summed E-state index contributed by atoms with van der Waals surface area (Å²) in [6.07, 6.45) is 5.40. The molecular weight excluding hydrogens is 174 g/mol. The van der Waals surface area contributed by atoms with Crippen LogP contribution in [0.4, 0.5) is 0 Å². The molecule has 1 aliphatic rings. The Hall–Kier alpha value is -0.0900. The highest BCUT2D eigenvalue weighted by Crippen LogP contribution is 2.20. The third kappa shape index (κ3) is 2.45. The van der Waals surface area contributed by atoms with E-state index in [1.54, 1.807) is 4.31 Å². The molecule has 0 saturated carbocycles. The topological polar surface area (TPSA) is 37.4 Å². The van der Waals surface area contributed by atoms with Gasteiger partial charge in [0.05, 0.1) is 6.26 Å². The first-order chi connectivity index (χ1) is 5.54. The minimum atomic E-state index is -2.94. The first kappa shape index (κ1) is 9.99. The highest BCUT2D eigenvalue weighted by atomic mass is 32.2. The predicted octanol–water partition coefficient (Wildman–Crippen LogP) is 0.882. The van der Waals surface area contributed by atoms with Crippen LogP contribution in [0.3, 0.4) is 0 Å². The molecule has 0 aliphatic carbocycles. The molecule has 0 amide bonds. The van der Waals surface area contributed by atoms with Crippen LogP contribution in [0.2, 0.25) is 0 Å². The van der Waals surface area contributed by atoms with Crippen molar-refractivity contribution in [3.8, 4) is 0 Å². The van der Waals surface area contributed by atoms with Gasteiger partial charge in [-0.1, -0.05) is 6.92 Å². The van der Waals surface area contributed by atoms with Crippen molar-refractivity contribution < 1.29 is 8.42 Å². The van der Waals surface area contributed by atoms with E-state index in [9.17, 15) is 8.42 Å². The maximum Gasteiger partial charge on any atom is 0.211 e. The van der Waals surface area contributed by atoms with Crippen LogP contribution in [0.25, 0.3) is 0 Å². The Morgan fingerprint density at radius 2 is 1.83 bits per heavy atom. The van der Waals surface area contributed by atoms with Crippen molar-refractivity contribution in [2.75, 3.05) is 19.3 Å². The second kappa shape index (κ2) is 3.75. The van der Waals surface area contributed by atoms with E-state index < -0.39 is 10.0 Å². The SMILES string of the molecule is C[CH]C1CCN(S(C)(=O)=O)CC1. The van der Waals surface area contributed by atoms with Gasteiger partial charge in [0.25, 0.3) is 0 Å². The number of nitrogens with zero attached hydrogens (tertiary/aromatic N) is 1. The van der Waals surface area contributed by atoms with Crippen molar-refractivity contribution in [2.45, 2.75) is 19.8 Å².